The molecule has 1 aromatic carbocycles. The van der Waals surface area contributed by atoms with Gasteiger partial charge in [0.15, 0.2) is 0 Å². The first-order valence-electron chi connectivity index (χ1n) is 9.46. The Bertz CT molecular complexity index is 568. The van der Waals surface area contributed by atoms with E-state index < -0.39 is 0 Å². The first kappa shape index (κ1) is 20.8. The van der Waals surface area contributed by atoms with Crippen molar-refractivity contribution in [1.29, 1.82) is 0 Å². The van der Waals surface area contributed by atoms with Gasteiger partial charge in [-0.15, -0.1) is 6.58 Å². The summed E-state index contributed by atoms with van der Waals surface area (Å²) < 4.78 is 5.40. The van der Waals surface area contributed by atoms with Crippen molar-refractivity contribution in [2.24, 2.45) is 11.8 Å². The minimum Gasteiger partial charge on any atom is -0.410 e. The van der Waals surface area contributed by atoms with Crippen LogP contribution in [0.25, 0.3) is 0 Å². The fraction of sp³-hybridized carbons (Fsp3) is 0.571. The van der Waals surface area contributed by atoms with Crippen LogP contribution in [0, 0.1) is 11.8 Å². The lowest BCUT2D eigenvalue weighted by Gasteiger charge is -2.31. The quantitative estimate of drug-likeness (QED) is 0.591. The predicted octanol–water partition coefficient (Wildman–Crippen LogP) is 5.08. The van der Waals surface area contributed by atoms with Crippen LogP contribution in [0.5, 0.6) is 5.75 Å². The number of halogens is 1. The highest BCUT2D eigenvalue weighted by Gasteiger charge is 2.24. The Morgan fingerprint density at radius 2 is 1.81 bits per heavy atom. The Labute approximate surface area is 162 Å². The van der Waals surface area contributed by atoms with Crippen LogP contribution in [0.3, 0.4) is 0 Å². The average Bonchev–Trinajstić information content (AvgIpc) is 2.63. The molecule has 1 aliphatic rings. The lowest BCUT2D eigenvalue weighted by molar-refractivity contribution is 0.144. The Kier molecular flexibility index (Phi) is 8.46. The van der Waals surface area contributed by atoms with Gasteiger partial charge in [0.2, 0.25) is 0 Å². The Morgan fingerprint density at radius 3 is 2.42 bits per heavy atom. The molecule has 1 amide bonds. The molecule has 0 radical (unpaired) electrons. The maximum Gasteiger partial charge on any atom is 0.414 e. The van der Waals surface area contributed by atoms with Gasteiger partial charge < -0.3 is 14.5 Å². The second kappa shape index (κ2) is 10.6. The van der Waals surface area contributed by atoms with Crippen LogP contribution in [0.2, 0.25) is 5.02 Å². The molecule has 0 N–H and O–H groups in total. The molecule has 1 aromatic rings. The summed E-state index contributed by atoms with van der Waals surface area (Å²) in [5, 5.41) is 0.630. The van der Waals surface area contributed by atoms with E-state index in [4.69, 9.17) is 16.3 Å². The largest absolute Gasteiger partial charge is 0.414 e. The number of rotatable bonds is 8. The fourth-order valence-electron chi connectivity index (χ4n) is 3.56. The van der Waals surface area contributed by atoms with Crippen molar-refractivity contribution in [2.45, 2.75) is 32.1 Å². The smallest absolute Gasteiger partial charge is 0.410 e. The molecule has 0 bridgehead atoms. The number of hydrogen-bond donors (Lipinski definition) is 0. The van der Waals surface area contributed by atoms with E-state index in [9.17, 15) is 4.79 Å². The highest BCUT2D eigenvalue weighted by molar-refractivity contribution is 6.30. The molecule has 26 heavy (non-hydrogen) atoms. The van der Waals surface area contributed by atoms with Crippen molar-refractivity contribution in [3.8, 4) is 5.75 Å². The molecule has 2 rings (SSSR count). The third-order valence-electron chi connectivity index (χ3n) is 5.19. The number of carbonyl (C=O) groups is 1. The fourth-order valence-corrected chi connectivity index (χ4v) is 3.69. The van der Waals surface area contributed by atoms with Gasteiger partial charge in [-0.3, -0.25) is 0 Å². The number of likely N-dealkylation sites (N-methyl/N-ethyl adjacent to an activating group) is 1. The van der Waals surface area contributed by atoms with Crippen molar-refractivity contribution >= 4 is 17.7 Å². The zero-order valence-corrected chi connectivity index (χ0v) is 16.8. The molecule has 0 saturated heterocycles. The summed E-state index contributed by atoms with van der Waals surface area (Å²) in [6, 6.07) is 6.86. The summed E-state index contributed by atoms with van der Waals surface area (Å²) in [5.41, 5.74) is 0. The molecule has 0 aliphatic heterocycles. The van der Waals surface area contributed by atoms with Crippen LogP contribution in [0.4, 0.5) is 4.79 Å². The molecule has 0 spiro atoms. The second-order valence-corrected chi connectivity index (χ2v) is 7.87. The van der Waals surface area contributed by atoms with E-state index in [2.05, 4.69) is 18.5 Å². The molecule has 1 fully saturated rings. The van der Waals surface area contributed by atoms with Gasteiger partial charge in [0.05, 0.1) is 0 Å². The van der Waals surface area contributed by atoms with Crippen molar-refractivity contribution in [1.82, 2.24) is 9.80 Å². The third kappa shape index (κ3) is 7.00. The standard InChI is InChI=1S/C21H31ClN2O2/c1-4-14-23(2)15-13-17-5-7-18(8-6-17)16-24(3)21(25)26-20-11-9-19(22)10-12-20/h4,9-12,17-18H,1,5-8,13-16H2,2-3H3/t17-,18-. The van der Waals surface area contributed by atoms with Crippen LogP contribution in [-0.2, 0) is 0 Å². The normalized spacial score (nSPS) is 20.0. The molecule has 1 saturated carbocycles. The molecule has 1 aliphatic carbocycles. The molecule has 0 aromatic heterocycles. The van der Waals surface area contributed by atoms with E-state index in [1.165, 1.54) is 32.1 Å². The molecular weight excluding hydrogens is 348 g/mol. The monoisotopic (exact) mass is 378 g/mol. The second-order valence-electron chi connectivity index (χ2n) is 7.43. The first-order chi connectivity index (χ1) is 12.5. The number of carbonyl (C=O) groups excluding carboxylic acids is 1. The highest BCUT2D eigenvalue weighted by Crippen LogP contribution is 2.31. The number of nitrogens with zero attached hydrogens (tertiary/aromatic N) is 2. The van der Waals surface area contributed by atoms with E-state index in [-0.39, 0.29) is 6.09 Å². The van der Waals surface area contributed by atoms with Crippen LogP contribution >= 0.6 is 11.6 Å². The summed E-state index contributed by atoms with van der Waals surface area (Å²) in [5.74, 6) is 1.91. The van der Waals surface area contributed by atoms with E-state index in [1.807, 2.05) is 13.1 Å². The van der Waals surface area contributed by atoms with Gasteiger partial charge in [-0.25, -0.2) is 4.79 Å². The van der Waals surface area contributed by atoms with Gasteiger partial charge in [0.1, 0.15) is 5.75 Å². The molecule has 0 unspecified atom stereocenters. The van der Waals surface area contributed by atoms with E-state index in [1.54, 1.807) is 29.2 Å². The lowest BCUT2D eigenvalue weighted by atomic mass is 9.80. The summed E-state index contributed by atoms with van der Waals surface area (Å²) >= 11 is 5.85. The third-order valence-corrected chi connectivity index (χ3v) is 5.44. The number of benzene rings is 1. The molecule has 4 nitrogen and oxygen atoms in total. The van der Waals surface area contributed by atoms with E-state index in [0.29, 0.717) is 16.7 Å². The molecule has 0 atom stereocenters. The maximum absolute atomic E-state index is 12.2. The molecule has 0 heterocycles. The van der Waals surface area contributed by atoms with Gasteiger partial charge in [-0.1, -0.05) is 30.5 Å². The predicted molar refractivity (Wildman–Crippen MR) is 108 cm³/mol. The van der Waals surface area contributed by atoms with Gasteiger partial charge in [-0.2, -0.15) is 0 Å². The Hall–Kier alpha value is -1.52. The Morgan fingerprint density at radius 1 is 1.19 bits per heavy atom. The van der Waals surface area contributed by atoms with Gasteiger partial charge >= 0.3 is 6.09 Å². The average molecular weight is 379 g/mol. The first-order valence-corrected chi connectivity index (χ1v) is 9.83. The zero-order valence-electron chi connectivity index (χ0n) is 16.0. The lowest BCUT2D eigenvalue weighted by Crippen LogP contribution is -2.35. The van der Waals surface area contributed by atoms with Crippen molar-refractivity contribution in [2.75, 3.05) is 33.7 Å². The van der Waals surface area contributed by atoms with Crippen molar-refractivity contribution in [3.05, 3.63) is 41.9 Å². The van der Waals surface area contributed by atoms with Crippen LogP contribution in [-0.4, -0.2) is 49.6 Å². The molecule has 144 valence electrons. The van der Waals surface area contributed by atoms with Gasteiger partial charge in [-0.05, 0) is 69.0 Å². The van der Waals surface area contributed by atoms with Crippen LogP contribution in [0.1, 0.15) is 32.1 Å². The zero-order chi connectivity index (χ0) is 18.9. The van der Waals surface area contributed by atoms with Crippen LogP contribution < -0.4 is 4.74 Å². The minimum atomic E-state index is -0.305. The minimum absolute atomic E-state index is 0.305. The summed E-state index contributed by atoms with van der Waals surface area (Å²) in [4.78, 5) is 16.2. The van der Waals surface area contributed by atoms with Gasteiger partial charge in [0, 0.05) is 25.2 Å². The van der Waals surface area contributed by atoms with Gasteiger partial charge in [0.25, 0.3) is 0 Å². The summed E-state index contributed by atoms with van der Waals surface area (Å²) in [6.07, 6.45) is 7.80. The topological polar surface area (TPSA) is 32.8 Å². The van der Waals surface area contributed by atoms with Crippen molar-refractivity contribution in [3.63, 3.8) is 0 Å². The number of hydrogen-bond acceptors (Lipinski definition) is 3. The van der Waals surface area contributed by atoms with E-state index in [0.717, 1.165) is 25.6 Å². The Balaban J connectivity index is 1.68. The molecular formula is C21H31ClN2O2. The molecule has 5 heteroatoms. The highest BCUT2D eigenvalue weighted by atomic mass is 35.5. The maximum atomic E-state index is 12.2. The SMILES string of the molecule is C=CCN(C)CC[C@H]1CC[C@H](CN(C)C(=O)Oc2ccc(Cl)cc2)CC1. The summed E-state index contributed by atoms with van der Waals surface area (Å²) in [6.45, 7) is 6.63. The van der Waals surface area contributed by atoms with Crippen LogP contribution in [0.15, 0.2) is 36.9 Å². The number of ether oxygens (including phenoxy) is 1. The summed E-state index contributed by atoms with van der Waals surface area (Å²) in [7, 11) is 3.96. The number of amides is 1. The van der Waals surface area contributed by atoms with Crippen molar-refractivity contribution < 1.29 is 9.53 Å². The van der Waals surface area contributed by atoms with E-state index >= 15 is 0 Å².